The van der Waals surface area contributed by atoms with Crippen LogP contribution in [0.1, 0.15) is 42.8 Å². The van der Waals surface area contributed by atoms with Crippen LogP contribution in [0.2, 0.25) is 0 Å². The predicted molar refractivity (Wildman–Crippen MR) is 109 cm³/mol. The predicted octanol–water partition coefficient (Wildman–Crippen LogP) is 2.53. The molecular formula is C19H29N7O2. The Labute approximate surface area is 164 Å². The van der Waals surface area contributed by atoms with Gasteiger partial charge in [-0.05, 0) is 69.5 Å². The Bertz CT molecular complexity index is 841. The molecule has 2 aromatic heterocycles. The molecule has 0 bridgehead atoms. The normalized spacial score (nSPS) is 19.5. The van der Waals surface area contributed by atoms with E-state index >= 15 is 0 Å². The van der Waals surface area contributed by atoms with Crippen LogP contribution in [-0.2, 0) is 20.0 Å². The van der Waals surface area contributed by atoms with Crippen molar-refractivity contribution in [3.63, 3.8) is 0 Å². The van der Waals surface area contributed by atoms with Gasteiger partial charge in [0, 0.05) is 18.4 Å². The van der Waals surface area contributed by atoms with Crippen molar-refractivity contribution in [3.05, 3.63) is 39.3 Å². The standard InChI is InChI=1S/C19H29N7O2/c1-12-3-8-15(25(12)2)11-22-19-23-16(17(26(27)28)18(21)24-19)9-13-4-6-14(10-20)7-5-13/h3,8,13-14H,4-7,9-11,20H2,1-2H3,(H3,21,22,23,24). The zero-order valence-electron chi connectivity index (χ0n) is 16.5. The third kappa shape index (κ3) is 4.41. The van der Waals surface area contributed by atoms with Gasteiger partial charge in [-0.1, -0.05) is 0 Å². The average Bonchev–Trinajstić information content (AvgIpc) is 2.98. The summed E-state index contributed by atoms with van der Waals surface area (Å²) < 4.78 is 2.07. The summed E-state index contributed by atoms with van der Waals surface area (Å²) in [6, 6.07) is 4.05. The van der Waals surface area contributed by atoms with Crippen LogP contribution in [0.4, 0.5) is 17.5 Å². The fourth-order valence-corrected chi connectivity index (χ4v) is 3.90. The Balaban J connectivity index is 1.77. The molecule has 1 aliphatic carbocycles. The Kier molecular flexibility index (Phi) is 6.13. The second-order valence-electron chi connectivity index (χ2n) is 7.69. The number of aromatic nitrogens is 3. The van der Waals surface area contributed by atoms with Gasteiger partial charge in [0.1, 0.15) is 5.69 Å². The first-order valence-corrected chi connectivity index (χ1v) is 9.75. The quantitative estimate of drug-likeness (QED) is 0.490. The molecule has 3 rings (SSSR count). The number of nitrogen functional groups attached to an aromatic ring is 1. The summed E-state index contributed by atoms with van der Waals surface area (Å²) in [5.41, 5.74) is 14.1. The average molecular weight is 387 g/mol. The maximum absolute atomic E-state index is 11.5. The van der Waals surface area contributed by atoms with Gasteiger partial charge in [0.2, 0.25) is 11.8 Å². The zero-order chi connectivity index (χ0) is 20.3. The zero-order valence-corrected chi connectivity index (χ0v) is 16.5. The third-order valence-corrected chi connectivity index (χ3v) is 5.85. The molecule has 0 radical (unpaired) electrons. The number of rotatable bonds is 7. The van der Waals surface area contributed by atoms with E-state index in [1.165, 1.54) is 0 Å². The molecule has 1 saturated carbocycles. The molecule has 9 heteroatoms. The lowest BCUT2D eigenvalue weighted by Gasteiger charge is -2.27. The number of nitrogens with one attached hydrogen (secondary N) is 1. The summed E-state index contributed by atoms with van der Waals surface area (Å²) in [5.74, 6) is 1.16. The van der Waals surface area contributed by atoms with Gasteiger partial charge in [-0.25, -0.2) is 4.98 Å². The number of anilines is 2. The van der Waals surface area contributed by atoms with Gasteiger partial charge in [0.05, 0.1) is 11.5 Å². The summed E-state index contributed by atoms with van der Waals surface area (Å²) in [6.45, 7) is 3.25. The smallest absolute Gasteiger partial charge is 0.332 e. The van der Waals surface area contributed by atoms with E-state index in [1.807, 2.05) is 26.1 Å². The third-order valence-electron chi connectivity index (χ3n) is 5.85. The second-order valence-corrected chi connectivity index (χ2v) is 7.69. The topological polar surface area (TPSA) is 138 Å². The van der Waals surface area contributed by atoms with Gasteiger partial charge in [0.15, 0.2) is 0 Å². The number of nitro groups is 1. The van der Waals surface area contributed by atoms with Crippen LogP contribution in [-0.4, -0.2) is 26.0 Å². The summed E-state index contributed by atoms with van der Waals surface area (Å²) in [7, 11) is 1.99. The van der Waals surface area contributed by atoms with Crippen molar-refractivity contribution in [1.29, 1.82) is 0 Å². The van der Waals surface area contributed by atoms with Gasteiger partial charge < -0.3 is 21.4 Å². The first kappa shape index (κ1) is 20.1. The largest absolute Gasteiger partial charge is 0.378 e. The fourth-order valence-electron chi connectivity index (χ4n) is 3.90. The van der Waals surface area contributed by atoms with Crippen molar-refractivity contribution in [1.82, 2.24) is 14.5 Å². The molecule has 28 heavy (non-hydrogen) atoms. The summed E-state index contributed by atoms with van der Waals surface area (Å²) >= 11 is 0. The summed E-state index contributed by atoms with van der Waals surface area (Å²) in [6.07, 6.45) is 4.68. The van der Waals surface area contributed by atoms with Crippen LogP contribution in [0.5, 0.6) is 0 Å². The number of nitrogens with zero attached hydrogens (tertiary/aromatic N) is 4. The van der Waals surface area contributed by atoms with Gasteiger partial charge in [-0.15, -0.1) is 0 Å². The van der Waals surface area contributed by atoms with Crippen molar-refractivity contribution in [3.8, 4) is 0 Å². The molecule has 0 amide bonds. The molecule has 1 aliphatic rings. The minimum Gasteiger partial charge on any atom is -0.378 e. The van der Waals surface area contributed by atoms with E-state index in [2.05, 4.69) is 19.9 Å². The van der Waals surface area contributed by atoms with Crippen molar-refractivity contribution in [2.45, 2.75) is 45.6 Å². The maximum Gasteiger partial charge on any atom is 0.332 e. The van der Waals surface area contributed by atoms with Crippen LogP contribution in [0.25, 0.3) is 0 Å². The molecule has 1 fully saturated rings. The Morgan fingerprint density at radius 3 is 2.50 bits per heavy atom. The van der Waals surface area contributed by atoms with Gasteiger partial charge >= 0.3 is 5.69 Å². The van der Waals surface area contributed by atoms with Crippen LogP contribution >= 0.6 is 0 Å². The van der Waals surface area contributed by atoms with Crippen molar-refractivity contribution in [2.24, 2.45) is 24.6 Å². The minimum absolute atomic E-state index is 0.0868. The lowest BCUT2D eigenvalue weighted by Crippen LogP contribution is -2.23. The first-order valence-electron chi connectivity index (χ1n) is 9.75. The van der Waals surface area contributed by atoms with Crippen LogP contribution < -0.4 is 16.8 Å². The van der Waals surface area contributed by atoms with E-state index in [1.54, 1.807) is 0 Å². The van der Waals surface area contributed by atoms with E-state index in [0.29, 0.717) is 43.0 Å². The Hall–Kier alpha value is -2.68. The maximum atomic E-state index is 11.5. The Morgan fingerprint density at radius 1 is 1.25 bits per heavy atom. The molecule has 0 aromatic carbocycles. The van der Waals surface area contributed by atoms with Crippen LogP contribution in [0, 0.1) is 28.9 Å². The number of hydrogen-bond donors (Lipinski definition) is 3. The van der Waals surface area contributed by atoms with E-state index in [0.717, 1.165) is 37.1 Å². The molecule has 0 spiro atoms. The molecule has 0 aliphatic heterocycles. The van der Waals surface area contributed by atoms with Crippen molar-refractivity contribution in [2.75, 3.05) is 17.6 Å². The van der Waals surface area contributed by atoms with Crippen molar-refractivity contribution >= 4 is 17.5 Å². The summed E-state index contributed by atoms with van der Waals surface area (Å²) in [4.78, 5) is 19.6. The van der Waals surface area contributed by atoms with Crippen LogP contribution in [0.3, 0.4) is 0 Å². The number of aryl methyl sites for hydroxylation is 1. The molecule has 0 unspecified atom stereocenters. The van der Waals surface area contributed by atoms with E-state index < -0.39 is 4.92 Å². The fraction of sp³-hybridized carbons (Fsp3) is 0.579. The molecule has 0 saturated heterocycles. The highest BCUT2D eigenvalue weighted by Gasteiger charge is 2.27. The van der Waals surface area contributed by atoms with Crippen LogP contribution in [0.15, 0.2) is 12.1 Å². The first-order chi connectivity index (χ1) is 13.4. The van der Waals surface area contributed by atoms with Gasteiger partial charge in [-0.3, -0.25) is 10.1 Å². The summed E-state index contributed by atoms with van der Waals surface area (Å²) in [5, 5.41) is 14.7. The molecule has 2 aromatic rings. The lowest BCUT2D eigenvalue weighted by atomic mass is 9.80. The highest BCUT2D eigenvalue weighted by molar-refractivity contribution is 5.58. The molecule has 9 nitrogen and oxygen atoms in total. The lowest BCUT2D eigenvalue weighted by molar-refractivity contribution is -0.385. The molecular weight excluding hydrogens is 358 g/mol. The molecule has 152 valence electrons. The van der Waals surface area contributed by atoms with E-state index in [9.17, 15) is 10.1 Å². The van der Waals surface area contributed by atoms with Gasteiger partial charge in [-0.2, -0.15) is 4.98 Å². The number of nitrogens with two attached hydrogens (primary N) is 2. The molecule has 2 heterocycles. The molecule has 5 N–H and O–H groups in total. The molecule has 0 atom stereocenters. The van der Waals surface area contributed by atoms with Gasteiger partial charge in [0.25, 0.3) is 0 Å². The second kappa shape index (κ2) is 8.55. The SMILES string of the molecule is Cc1ccc(CNc2nc(N)c([N+](=O)[O-])c(CC3CCC(CN)CC3)n2)n1C. The highest BCUT2D eigenvalue weighted by Crippen LogP contribution is 2.34. The highest BCUT2D eigenvalue weighted by atomic mass is 16.6. The van der Waals surface area contributed by atoms with E-state index in [-0.39, 0.29) is 11.5 Å². The van der Waals surface area contributed by atoms with Crippen molar-refractivity contribution < 1.29 is 4.92 Å². The van der Waals surface area contributed by atoms with E-state index in [4.69, 9.17) is 11.5 Å². The Morgan fingerprint density at radius 2 is 1.93 bits per heavy atom. The monoisotopic (exact) mass is 387 g/mol. The minimum atomic E-state index is -0.472. The number of hydrogen-bond acceptors (Lipinski definition) is 7.